The molecule has 2 aliphatic carbocycles. The number of aromatic carboxylic acids is 1. The maximum atomic E-state index is 12.9. The molecule has 5 heteroatoms. The molecule has 1 spiro atoms. The molecule has 1 heterocycles. The summed E-state index contributed by atoms with van der Waals surface area (Å²) in [4.78, 5) is 24.3. The highest BCUT2D eigenvalue weighted by Gasteiger charge is 2.53. The van der Waals surface area contributed by atoms with Gasteiger partial charge < -0.3 is 14.6 Å². The minimum Gasteiger partial charge on any atom is -0.496 e. The van der Waals surface area contributed by atoms with Crippen molar-refractivity contribution in [2.75, 3.05) is 13.7 Å². The molecule has 3 aliphatic rings. The summed E-state index contributed by atoms with van der Waals surface area (Å²) in [5.41, 5.74) is 3.54. The first-order valence-electron chi connectivity index (χ1n) is 11.7. The molecule has 0 bridgehead atoms. The second-order valence-corrected chi connectivity index (χ2v) is 9.64. The van der Waals surface area contributed by atoms with E-state index in [-0.39, 0.29) is 23.0 Å². The molecular formula is C27H30O5. The highest BCUT2D eigenvalue weighted by Crippen LogP contribution is 2.63. The number of carbonyl (C=O) groups is 2. The molecule has 1 saturated heterocycles. The van der Waals surface area contributed by atoms with Crippen molar-refractivity contribution >= 4 is 11.8 Å². The quantitative estimate of drug-likeness (QED) is 0.652. The molecule has 5 nitrogen and oxygen atoms in total. The highest BCUT2D eigenvalue weighted by molar-refractivity contribution is 5.90. The van der Waals surface area contributed by atoms with Gasteiger partial charge in [0, 0.05) is 18.1 Å². The van der Waals surface area contributed by atoms with Crippen molar-refractivity contribution in [1.29, 1.82) is 0 Å². The van der Waals surface area contributed by atoms with E-state index in [1.165, 1.54) is 12.0 Å². The number of rotatable bonds is 6. The second-order valence-electron chi connectivity index (χ2n) is 9.64. The van der Waals surface area contributed by atoms with E-state index in [1.807, 2.05) is 0 Å². The summed E-state index contributed by atoms with van der Waals surface area (Å²) < 4.78 is 11.1. The summed E-state index contributed by atoms with van der Waals surface area (Å²) in [6.45, 7) is 0.726. The zero-order valence-corrected chi connectivity index (χ0v) is 18.5. The average Bonchev–Trinajstić information content (AvgIpc) is 3.50. The molecule has 1 N–H and O–H groups in total. The van der Waals surface area contributed by atoms with E-state index < -0.39 is 5.97 Å². The van der Waals surface area contributed by atoms with Gasteiger partial charge in [0.05, 0.1) is 12.7 Å². The highest BCUT2D eigenvalue weighted by atomic mass is 16.5. The summed E-state index contributed by atoms with van der Waals surface area (Å²) in [6.07, 6.45) is 7.20. The maximum Gasteiger partial charge on any atom is 0.335 e. The number of carboxylic acid groups (broad SMARTS) is 1. The molecule has 168 valence electrons. The van der Waals surface area contributed by atoms with Crippen LogP contribution >= 0.6 is 0 Å². The van der Waals surface area contributed by atoms with Crippen LogP contribution in [-0.2, 0) is 9.53 Å². The van der Waals surface area contributed by atoms with Crippen LogP contribution in [0, 0.1) is 11.3 Å². The number of methoxy groups -OCH3 is 1. The van der Waals surface area contributed by atoms with Crippen LogP contribution < -0.4 is 4.74 Å². The molecule has 3 fully saturated rings. The molecular weight excluding hydrogens is 404 g/mol. The third-order valence-electron chi connectivity index (χ3n) is 8.03. The lowest BCUT2D eigenvalue weighted by Crippen LogP contribution is -2.37. The number of Topliss-reactive ketones (excluding diaryl/α,β-unsaturated/α-hetero) is 1. The Morgan fingerprint density at radius 1 is 1.06 bits per heavy atom. The normalized spacial score (nSPS) is 29.1. The Kier molecular flexibility index (Phi) is 5.54. The van der Waals surface area contributed by atoms with Gasteiger partial charge in [-0.05, 0) is 85.6 Å². The van der Waals surface area contributed by atoms with Crippen molar-refractivity contribution < 1.29 is 24.2 Å². The number of hydrogen-bond acceptors (Lipinski definition) is 4. The van der Waals surface area contributed by atoms with Crippen LogP contribution in [-0.4, -0.2) is 36.7 Å². The fourth-order valence-electron chi connectivity index (χ4n) is 6.19. The molecule has 2 saturated carbocycles. The molecule has 4 atom stereocenters. The van der Waals surface area contributed by atoms with Gasteiger partial charge >= 0.3 is 5.97 Å². The van der Waals surface area contributed by atoms with Crippen molar-refractivity contribution in [3.05, 3.63) is 53.6 Å². The van der Waals surface area contributed by atoms with Gasteiger partial charge in [0.1, 0.15) is 11.9 Å². The number of carboxylic acids is 1. The van der Waals surface area contributed by atoms with Crippen LogP contribution in [0.4, 0.5) is 0 Å². The zero-order chi connectivity index (χ0) is 22.3. The second kappa shape index (κ2) is 8.36. The number of carbonyl (C=O) groups excluding carboxylic acids is 1. The standard InChI is InChI=1S/C27H30O5/c1-31-23-9-8-19(26(29)30)15-21(23)17-4-6-18(7-5-17)22-11-13-27(22)12-10-20(16-27)25(28)24-3-2-14-32-24/h4-9,15,20,22,24H,2-3,10-14,16H2,1H3,(H,29,30)/t20?,22-,24-,27-/m1/s1. The fourth-order valence-corrected chi connectivity index (χ4v) is 6.19. The van der Waals surface area contributed by atoms with Gasteiger partial charge in [-0.3, -0.25) is 4.79 Å². The minimum atomic E-state index is -0.949. The van der Waals surface area contributed by atoms with E-state index in [2.05, 4.69) is 24.3 Å². The van der Waals surface area contributed by atoms with Crippen LogP contribution in [0.15, 0.2) is 42.5 Å². The first-order chi connectivity index (χ1) is 15.5. The smallest absolute Gasteiger partial charge is 0.335 e. The average molecular weight is 435 g/mol. The van der Waals surface area contributed by atoms with E-state index in [1.54, 1.807) is 25.3 Å². The van der Waals surface area contributed by atoms with Gasteiger partial charge in [-0.25, -0.2) is 4.79 Å². The molecule has 1 unspecified atom stereocenters. The Bertz CT molecular complexity index is 1020. The Hall–Kier alpha value is -2.66. The maximum absolute atomic E-state index is 12.9. The lowest BCUT2D eigenvalue weighted by atomic mass is 9.56. The fraction of sp³-hybridized carbons (Fsp3) is 0.481. The van der Waals surface area contributed by atoms with E-state index in [9.17, 15) is 14.7 Å². The lowest BCUT2D eigenvalue weighted by Gasteiger charge is -2.48. The predicted octanol–water partition coefficient (Wildman–Crippen LogP) is 5.47. The number of ketones is 1. The molecule has 0 aromatic heterocycles. The molecule has 1 aliphatic heterocycles. The molecule has 2 aromatic carbocycles. The Morgan fingerprint density at radius 2 is 1.84 bits per heavy atom. The van der Waals surface area contributed by atoms with E-state index in [0.29, 0.717) is 17.5 Å². The Balaban J connectivity index is 1.33. The number of benzene rings is 2. The van der Waals surface area contributed by atoms with Crippen LogP contribution in [0.5, 0.6) is 5.75 Å². The monoisotopic (exact) mass is 434 g/mol. The SMILES string of the molecule is COc1ccc(C(=O)O)cc1-c1ccc([C@H]2CC[C@@]23CCC(C(=O)[C@H]2CCCO2)C3)cc1. The summed E-state index contributed by atoms with van der Waals surface area (Å²) in [6, 6.07) is 13.4. The first-order valence-corrected chi connectivity index (χ1v) is 11.7. The third-order valence-corrected chi connectivity index (χ3v) is 8.03. The number of hydrogen-bond donors (Lipinski definition) is 1. The van der Waals surface area contributed by atoms with Crippen molar-refractivity contribution in [2.45, 2.75) is 57.0 Å². The third kappa shape index (κ3) is 3.62. The van der Waals surface area contributed by atoms with Crippen LogP contribution in [0.1, 0.15) is 66.8 Å². The van der Waals surface area contributed by atoms with Crippen molar-refractivity contribution in [2.24, 2.45) is 11.3 Å². The van der Waals surface area contributed by atoms with Gasteiger partial charge in [-0.15, -0.1) is 0 Å². The lowest BCUT2D eigenvalue weighted by molar-refractivity contribution is -0.132. The van der Waals surface area contributed by atoms with Crippen molar-refractivity contribution in [1.82, 2.24) is 0 Å². The van der Waals surface area contributed by atoms with Gasteiger partial charge in [0.2, 0.25) is 0 Å². The summed E-state index contributed by atoms with van der Waals surface area (Å²) in [5.74, 6) is 0.699. The van der Waals surface area contributed by atoms with Crippen LogP contribution in [0.3, 0.4) is 0 Å². The largest absolute Gasteiger partial charge is 0.496 e. The van der Waals surface area contributed by atoms with E-state index >= 15 is 0 Å². The predicted molar refractivity (Wildman–Crippen MR) is 121 cm³/mol. The van der Waals surface area contributed by atoms with Gasteiger partial charge in [0.25, 0.3) is 0 Å². The van der Waals surface area contributed by atoms with Crippen LogP contribution in [0.2, 0.25) is 0 Å². The summed E-state index contributed by atoms with van der Waals surface area (Å²) in [7, 11) is 1.60. The van der Waals surface area contributed by atoms with E-state index in [0.717, 1.165) is 56.3 Å². The van der Waals surface area contributed by atoms with Gasteiger partial charge in [-0.2, -0.15) is 0 Å². The van der Waals surface area contributed by atoms with Crippen LogP contribution in [0.25, 0.3) is 11.1 Å². The molecule has 0 radical (unpaired) electrons. The van der Waals surface area contributed by atoms with Gasteiger partial charge in [-0.1, -0.05) is 24.3 Å². The minimum absolute atomic E-state index is 0.156. The van der Waals surface area contributed by atoms with Gasteiger partial charge in [0.15, 0.2) is 5.78 Å². The molecule has 5 rings (SSSR count). The molecule has 2 aromatic rings. The molecule has 0 amide bonds. The number of ether oxygens (including phenoxy) is 2. The summed E-state index contributed by atoms with van der Waals surface area (Å²) in [5, 5.41) is 9.35. The van der Waals surface area contributed by atoms with E-state index in [4.69, 9.17) is 9.47 Å². The molecule has 32 heavy (non-hydrogen) atoms. The van der Waals surface area contributed by atoms with Crippen molar-refractivity contribution in [3.63, 3.8) is 0 Å². The Morgan fingerprint density at radius 3 is 2.47 bits per heavy atom. The first kappa shape index (κ1) is 21.2. The topological polar surface area (TPSA) is 72.8 Å². The Labute approximate surface area is 188 Å². The summed E-state index contributed by atoms with van der Waals surface area (Å²) >= 11 is 0. The van der Waals surface area contributed by atoms with Crippen molar-refractivity contribution in [3.8, 4) is 16.9 Å². The zero-order valence-electron chi connectivity index (χ0n) is 18.5.